The monoisotopic (exact) mass is 313 g/mol. The Bertz CT molecular complexity index is 712. The number of carbonyl (C=O) groups excluding carboxylic acids is 2. The third kappa shape index (κ3) is 3.23. The minimum Gasteiger partial charge on any atom is -0.360 e. The molecular weight excluding hydrogens is 290 g/mol. The van der Waals surface area contributed by atoms with Crippen LogP contribution in [0.3, 0.4) is 0 Å². The van der Waals surface area contributed by atoms with Gasteiger partial charge in [0.25, 0.3) is 5.91 Å². The molecule has 0 saturated carbocycles. The number of H-pyrrole nitrogens is 1. The van der Waals surface area contributed by atoms with E-state index >= 15 is 0 Å². The van der Waals surface area contributed by atoms with Gasteiger partial charge in [0, 0.05) is 42.1 Å². The van der Waals surface area contributed by atoms with Crippen LogP contribution in [0.4, 0.5) is 0 Å². The lowest BCUT2D eigenvalue weighted by Gasteiger charge is -2.33. The number of aromatic amines is 1. The van der Waals surface area contributed by atoms with Gasteiger partial charge in [-0.1, -0.05) is 32.0 Å². The van der Waals surface area contributed by atoms with E-state index in [9.17, 15) is 9.59 Å². The van der Waals surface area contributed by atoms with Crippen molar-refractivity contribution in [1.82, 2.24) is 15.2 Å². The topological polar surface area (TPSA) is 65.2 Å². The van der Waals surface area contributed by atoms with E-state index in [0.717, 1.165) is 36.8 Å². The number of likely N-dealkylation sites (tertiary alicyclic amines) is 1. The third-order valence-electron chi connectivity index (χ3n) is 4.47. The minimum atomic E-state index is -0.0453. The number of nitrogens with one attached hydrogen (secondary N) is 2. The van der Waals surface area contributed by atoms with Gasteiger partial charge in [-0.3, -0.25) is 9.59 Å². The zero-order valence-electron chi connectivity index (χ0n) is 13.6. The molecule has 1 aliphatic rings. The van der Waals surface area contributed by atoms with Crippen LogP contribution >= 0.6 is 0 Å². The summed E-state index contributed by atoms with van der Waals surface area (Å²) in [5.41, 5.74) is 1.65. The van der Waals surface area contributed by atoms with Crippen LogP contribution in [0.15, 0.2) is 30.5 Å². The van der Waals surface area contributed by atoms with E-state index in [1.807, 2.05) is 43.0 Å². The number of amides is 2. The Labute approximate surface area is 136 Å². The first-order chi connectivity index (χ1) is 11.1. The summed E-state index contributed by atoms with van der Waals surface area (Å²) in [4.78, 5) is 29.5. The molecule has 0 spiro atoms. The standard InChI is InChI=1S/C18H23N3O2/c1-12(2)18(23)21-9-7-13(8-10-21)20-17(22)15-11-19-16-6-4-3-5-14(15)16/h3-6,11-13,19H,7-10H2,1-2H3,(H,20,22). The number of piperidine rings is 1. The van der Waals surface area contributed by atoms with Crippen LogP contribution in [0.25, 0.3) is 10.9 Å². The van der Waals surface area contributed by atoms with E-state index in [0.29, 0.717) is 5.56 Å². The quantitative estimate of drug-likeness (QED) is 0.914. The predicted molar refractivity (Wildman–Crippen MR) is 90.2 cm³/mol. The first-order valence-electron chi connectivity index (χ1n) is 8.22. The van der Waals surface area contributed by atoms with Crippen molar-refractivity contribution in [1.29, 1.82) is 0 Å². The van der Waals surface area contributed by atoms with Crippen molar-refractivity contribution in [3.05, 3.63) is 36.0 Å². The zero-order valence-corrected chi connectivity index (χ0v) is 13.6. The van der Waals surface area contributed by atoms with Crippen LogP contribution in [0.2, 0.25) is 0 Å². The van der Waals surface area contributed by atoms with Crippen molar-refractivity contribution in [3.63, 3.8) is 0 Å². The van der Waals surface area contributed by atoms with Crippen molar-refractivity contribution in [2.45, 2.75) is 32.7 Å². The summed E-state index contributed by atoms with van der Waals surface area (Å²) in [6, 6.07) is 7.92. The molecule has 23 heavy (non-hydrogen) atoms. The zero-order chi connectivity index (χ0) is 16.4. The fraction of sp³-hybridized carbons (Fsp3) is 0.444. The van der Waals surface area contributed by atoms with Gasteiger partial charge >= 0.3 is 0 Å². The van der Waals surface area contributed by atoms with E-state index in [1.165, 1.54) is 0 Å². The molecular formula is C18H23N3O2. The number of fused-ring (bicyclic) bond motifs is 1. The first-order valence-corrected chi connectivity index (χ1v) is 8.22. The van der Waals surface area contributed by atoms with E-state index in [2.05, 4.69) is 10.3 Å². The number of carbonyl (C=O) groups is 2. The maximum Gasteiger partial charge on any atom is 0.253 e. The molecule has 0 unspecified atom stereocenters. The molecule has 1 aromatic carbocycles. The molecule has 2 amide bonds. The van der Waals surface area contributed by atoms with Gasteiger partial charge in [0.1, 0.15) is 0 Å². The van der Waals surface area contributed by atoms with Crippen molar-refractivity contribution >= 4 is 22.7 Å². The summed E-state index contributed by atoms with van der Waals surface area (Å²) in [6.45, 7) is 5.28. The molecule has 5 heteroatoms. The van der Waals surface area contributed by atoms with Gasteiger partial charge in [-0.15, -0.1) is 0 Å². The fourth-order valence-corrected chi connectivity index (χ4v) is 3.13. The Balaban J connectivity index is 1.61. The molecule has 0 atom stereocenters. The second-order valence-electron chi connectivity index (χ2n) is 6.48. The van der Waals surface area contributed by atoms with Crippen molar-refractivity contribution in [2.24, 2.45) is 5.92 Å². The minimum absolute atomic E-state index is 0.0346. The summed E-state index contributed by atoms with van der Waals surface area (Å²) < 4.78 is 0. The highest BCUT2D eigenvalue weighted by atomic mass is 16.2. The molecule has 0 radical (unpaired) electrons. The van der Waals surface area contributed by atoms with Gasteiger partial charge in [-0.25, -0.2) is 0 Å². The van der Waals surface area contributed by atoms with Crippen molar-refractivity contribution in [3.8, 4) is 0 Å². The molecule has 0 bridgehead atoms. The summed E-state index contributed by atoms with van der Waals surface area (Å²) in [5.74, 6) is 0.190. The highest BCUT2D eigenvalue weighted by Gasteiger charge is 2.25. The van der Waals surface area contributed by atoms with E-state index < -0.39 is 0 Å². The van der Waals surface area contributed by atoms with Gasteiger partial charge < -0.3 is 15.2 Å². The predicted octanol–water partition coefficient (Wildman–Crippen LogP) is 2.54. The summed E-state index contributed by atoms with van der Waals surface area (Å²) in [5, 5.41) is 4.05. The Kier molecular flexibility index (Phi) is 4.37. The summed E-state index contributed by atoms with van der Waals surface area (Å²) in [6.07, 6.45) is 3.39. The van der Waals surface area contributed by atoms with Crippen molar-refractivity contribution < 1.29 is 9.59 Å². The van der Waals surface area contributed by atoms with Crippen LogP contribution in [0.1, 0.15) is 37.0 Å². The number of rotatable bonds is 3. The molecule has 2 aromatic rings. The maximum absolute atomic E-state index is 12.5. The molecule has 2 heterocycles. The molecule has 5 nitrogen and oxygen atoms in total. The Morgan fingerprint density at radius 3 is 2.61 bits per heavy atom. The molecule has 1 saturated heterocycles. The van der Waals surface area contributed by atoms with Gasteiger partial charge in [-0.05, 0) is 18.9 Å². The Morgan fingerprint density at radius 2 is 1.91 bits per heavy atom. The van der Waals surface area contributed by atoms with Crippen LogP contribution in [0.5, 0.6) is 0 Å². The SMILES string of the molecule is CC(C)C(=O)N1CCC(NC(=O)c2c[nH]c3ccccc23)CC1. The van der Waals surface area contributed by atoms with Gasteiger partial charge in [0.05, 0.1) is 5.56 Å². The number of para-hydroxylation sites is 1. The normalized spacial score (nSPS) is 16.0. The number of aromatic nitrogens is 1. The van der Waals surface area contributed by atoms with Crippen LogP contribution < -0.4 is 5.32 Å². The third-order valence-corrected chi connectivity index (χ3v) is 4.47. The Hall–Kier alpha value is -2.30. The average molecular weight is 313 g/mol. The van der Waals surface area contributed by atoms with Crippen LogP contribution in [-0.4, -0.2) is 40.8 Å². The molecule has 3 rings (SSSR count). The van der Waals surface area contributed by atoms with Gasteiger partial charge in [0.2, 0.25) is 5.91 Å². The highest BCUT2D eigenvalue weighted by Crippen LogP contribution is 2.19. The highest BCUT2D eigenvalue weighted by molar-refractivity contribution is 6.06. The summed E-state index contributed by atoms with van der Waals surface area (Å²) >= 11 is 0. The smallest absolute Gasteiger partial charge is 0.253 e. The maximum atomic E-state index is 12.5. The Morgan fingerprint density at radius 1 is 1.22 bits per heavy atom. The van der Waals surface area contributed by atoms with Crippen LogP contribution in [0, 0.1) is 5.92 Å². The van der Waals surface area contributed by atoms with Crippen molar-refractivity contribution in [2.75, 3.05) is 13.1 Å². The summed E-state index contributed by atoms with van der Waals surface area (Å²) in [7, 11) is 0. The van der Waals surface area contributed by atoms with Gasteiger partial charge in [-0.2, -0.15) is 0 Å². The number of nitrogens with zero attached hydrogens (tertiary/aromatic N) is 1. The molecule has 0 aliphatic carbocycles. The second-order valence-corrected chi connectivity index (χ2v) is 6.48. The lowest BCUT2D eigenvalue weighted by Crippen LogP contribution is -2.47. The lowest BCUT2D eigenvalue weighted by atomic mass is 10.0. The van der Waals surface area contributed by atoms with E-state index in [1.54, 1.807) is 6.20 Å². The molecule has 2 N–H and O–H groups in total. The largest absolute Gasteiger partial charge is 0.360 e. The second kappa shape index (κ2) is 6.44. The molecule has 1 aliphatic heterocycles. The lowest BCUT2D eigenvalue weighted by molar-refractivity contribution is -0.135. The average Bonchev–Trinajstić information content (AvgIpc) is 2.99. The number of benzene rings is 1. The molecule has 1 fully saturated rings. The van der Waals surface area contributed by atoms with Crippen LogP contribution in [-0.2, 0) is 4.79 Å². The number of hydrogen-bond donors (Lipinski definition) is 2. The van der Waals surface area contributed by atoms with E-state index in [-0.39, 0.29) is 23.8 Å². The van der Waals surface area contributed by atoms with Gasteiger partial charge in [0.15, 0.2) is 0 Å². The molecule has 1 aromatic heterocycles. The molecule has 122 valence electrons. The fourth-order valence-electron chi connectivity index (χ4n) is 3.13. The van der Waals surface area contributed by atoms with E-state index in [4.69, 9.17) is 0 Å². The number of hydrogen-bond acceptors (Lipinski definition) is 2. The first kappa shape index (κ1) is 15.6.